The van der Waals surface area contributed by atoms with Crippen molar-refractivity contribution in [3.8, 4) is 0 Å². The standard InChI is InChI=1S/C15H24N4/c1-18(11-14-4-3-9-19(14)2)10-12-5-7-13(8-6-12)15(16)17/h5-8,14H,3-4,9-11H2,1-2H3,(H3,16,17). The SMILES string of the molecule is CN(Cc1ccc(C(=N)N)cc1)CC1CCCN1C. The fourth-order valence-corrected chi connectivity index (χ4v) is 2.74. The first-order chi connectivity index (χ1) is 9.06. The molecule has 1 aliphatic heterocycles. The number of likely N-dealkylation sites (tertiary alicyclic amines) is 1. The Morgan fingerprint density at radius 2 is 2.11 bits per heavy atom. The summed E-state index contributed by atoms with van der Waals surface area (Å²) < 4.78 is 0. The molecule has 1 saturated heterocycles. The first-order valence-electron chi connectivity index (χ1n) is 6.88. The lowest BCUT2D eigenvalue weighted by Gasteiger charge is -2.25. The molecule has 4 nitrogen and oxygen atoms in total. The van der Waals surface area contributed by atoms with Gasteiger partial charge in [-0.3, -0.25) is 5.41 Å². The molecule has 1 aromatic rings. The van der Waals surface area contributed by atoms with E-state index in [1.807, 2.05) is 12.1 Å². The van der Waals surface area contributed by atoms with Gasteiger partial charge in [-0.25, -0.2) is 0 Å². The molecule has 0 amide bonds. The zero-order valence-electron chi connectivity index (χ0n) is 11.9. The highest BCUT2D eigenvalue weighted by molar-refractivity contribution is 5.94. The van der Waals surface area contributed by atoms with E-state index in [2.05, 4.69) is 36.0 Å². The second-order valence-corrected chi connectivity index (χ2v) is 5.58. The van der Waals surface area contributed by atoms with Crippen molar-refractivity contribution < 1.29 is 0 Å². The largest absolute Gasteiger partial charge is 0.384 e. The summed E-state index contributed by atoms with van der Waals surface area (Å²) in [5.74, 6) is 0.132. The number of hydrogen-bond acceptors (Lipinski definition) is 3. The van der Waals surface area contributed by atoms with Crippen molar-refractivity contribution in [3.63, 3.8) is 0 Å². The van der Waals surface area contributed by atoms with Crippen LogP contribution in [0.1, 0.15) is 24.0 Å². The van der Waals surface area contributed by atoms with E-state index in [-0.39, 0.29) is 5.84 Å². The van der Waals surface area contributed by atoms with Crippen LogP contribution in [-0.4, -0.2) is 48.9 Å². The Labute approximate surface area is 115 Å². The quantitative estimate of drug-likeness (QED) is 0.623. The van der Waals surface area contributed by atoms with Crippen molar-refractivity contribution in [2.24, 2.45) is 5.73 Å². The lowest BCUT2D eigenvalue weighted by molar-refractivity contribution is 0.215. The van der Waals surface area contributed by atoms with Crippen LogP contribution < -0.4 is 5.73 Å². The fourth-order valence-electron chi connectivity index (χ4n) is 2.74. The van der Waals surface area contributed by atoms with Crippen LogP contribution in [0.2, 0.25) is 0 Å². The summed E-state index contributed by atoms with van der Waals surface area (Å²) in [6, 6.07) is 8.67. The highest BCUT2D eigenvalue weighted by atomic mass is 15.2. The number of nitrogen functional groups attached to an aromatic ring is 1. The van der Waals surface area contributed by atoms with E-state index in [1.165, 1.54) is 24.9 Å². The topological polar surface area (TPSA) is 56.4 Å². The molecule has 1 aromatic carbocycles. The van der Waals surface area contributed by atoms with Crippen molar-refractivity contribution in [3.05, 3.63) is 35.4 Å². The van der Waals surface area contributed by atoms with Gasteiger partial charge in [-0.15, -0.1) is 0 Å². The van der Waals surface area contributed by atoms with E-state index >= 15 is 0 Å². The summed E-state index contributed by atoms with van der Waals surface area (Å²) in [5, 5.41) is 7.38. The Bertz CT molecular complexity index is 426. The molecule has 19 heavy (non-hydrogen) atoms. The van der Waals surface area contributed by atoms with E-state index in [0.29, 0.717) is 6.04 Å². The van der Waals surface area contributed by atoms with Crippen molar-refractivity contribution in [1.29, 1.82) is 5.41 Å². The molecule has 0 saturated carbocycles. The second kappa shape index (κ2) is 6.17. The summed E-state index contributed by atoms with van der Waals surface area (Å²) >= 11 is 0. The third-order valence-corrected chi connectivity index (χ3v) is 3.91. The maximum Gasteiger partial charge on any atom is 0.122 e. The van der Waals surface area contributed by atoms with Crippen LogP contribution in [0, 0.1) is 5.41 Å². The van der Waals surface area contributed by atoms with Gasteiger partial charge in [-0.2, -0.15) is 0 Å². The molecule has 0 aromatic heterocycles. The molecule has 104 valence electrons. The average molecular weight is 260 g/mol. The lowest BCUT2D eigenvalue weighted by Crippen LogP contribution is -2.36. The molecular formula is C15H24N4. The predicted octanol–water partition coefficient (Wildman–Crippen LogP) is 1.50. The number of likely N-dealkylation sites (N-methyl/N-ethyl adjacent to an activating group) is 2. The molecule has 1 aliphatic rings. The second-order valence-electron chi connectivity index (χ2n) is 5.58. The number of nitrogens with zero attached hydrogens (tertiary/aromatic N) is 2. The summed E-state index contributed by atoms with van der Waals surface area (Å²) in [7, 11) is 4.39. The molecule has 1 unspecified atom stereocenters. The zero-order chi connectivity index (χ0) is 13.8. The minimum Gasteiger partial charge on any atom is -0.384 e. The van der Waals surface area contributed by atoms with Gasteiger partial charge in [0.2, 0.25) is 0 Å². The lowest BCUT2D eigenvalue weighted by atomic mass is 10.1. The monoisotopic (exact) mass is 260 g/mol. The Balaban J connectivity index is 1.87. The van der Waals surface area contributed by atoms with Gasteiger partial charge < -0.3 is 15.5 Å². The van der Waals surface area contributed by atoms with E-state index < -0.39 is 0 Å². The van der Waals surface area contributed by atoms with Crippen molar-refractivity contribution in [2.75, 3.05) is 27.2 Å². The average Bonchev–Trinajstić information content (AvgIpc) is 2.75. The maximum absolute atomic E-state index is 7.38. The van der Waals surface area contributed by atoms with E-state index in [4.69, 9.17) is 11.1 Å². The molecule has 1 heterocycles. The van der Waals surface area contributed by atoms with Gasteiger partial charge in [0, 0.05) is 24.7 Å². The van der Waals surface area contributed by atoms with Crippen molar-refractivity contribution in [2.45, 2.75) is 25.4 Å². The summed E-state index contributed by atoms with van der Waals surface area (Å²) in [4.78, 5) is 4.82. The molecule has 0 bridgehead atoms. The van der Waals surface area contributed by atoms with Gasteiger partial charge in [-0.1, -0.05) is 24.3 Å². The van der Waals surface area contributed by atoms with Crippen LogP contribution >= 0.6 is 0 Å². The smallest absolute Gasteiger partial charge is 0.122 e. The first kappa shape index (κ1) is 14.0. The minimum absolute atomic E-state index is 0.132. The number of amidine groups is 1. The number of benzene rings is 1. The fraction of sp³-hybridized carbons (Fsp3) is 0.533. The Morgan fingerprint density at radius 1 is 1.42 bits per heavy atom. The van der Waals surface area contributed by atoms with Gasteiger partial charge >= 0.3 is 0 Å². The molecule has 1 atom stereocenters. The number of hydrogen-bond donors (Lipinski definition) is 2. The van der Waals surface area contributed by atoms with Crippen LogP contribution in [0.3, 0.4) is 0 Å². The van der Waals surface area contributed by atoms with E-state index in [1.54, 1.807) is 0 Å². The molecular weight excluding hydrogens is 236 g/mol. The highest BCUT2D eigenvalue weighted by Crippen LogP contribution is 2.16. The molecule has 0 aliphatic carbocycles. The molecule has 3 N–H and O–H groups in total. The normalized spacial score (nSPS) is 20.1. The summed E-state index contributed by atoms with van der Waals surface area (Å²) in [6.45, 7) is 3.29. The van der Waals surface area contributed by atoms with Gasteiger partial charge in [0.1, 0.15) is 5.84 Å². The first-order valence-corrected chi connectivity index (χ1v) is 6.88. The van der Waals surface area contributed by atoms with Crippen LogP contribution in [-0.2, 0) is 6.54 Å². The predicted molar refractivity (Wildman–Crippen MR) is 79.4 cm³/mol. The molecule has 0 spiro atoms. The minimum atomic E-state index is 0.132. The van der Waals surface area contributed by atoms with E-state index in [9.17, 15) is 0 Å². The maximum atomic E-state index is 7.38. The number of rotatable bonds is 5. The number of nitrogens with two attached hydrogens (primary N) is 1. The van der Waals surface area contributed by atoms with Crippen LogP contribution in [0.25, 0.3) is 0 Å². The Hall–Kier alpha value is -1.39. The summed E-state index contributed by atoms with van der Waals surface area (Å²) in [6.07, 6.45) is 2.63. The molecule has 4 heteroatoms. The highest BCUT2D eigenvalue weighted by Gasteiger charge is 2.21. The van der Waals surface area contributed by atoms with Crippen molar-refractivity contribution in [1.82, 2.24) is 9.80 Å². The van der Waals surface area contributed by atoms with Gasteiger partial charge in [0.15, 0.2) is 0 Å². The number of nitrogens with one attached hydrogen (secondary N) is 1. The van der Waals surface area contributed by atoms with Gasteiger partial charge in [0.25, 0.3) is 0 Å². The molecule has 1 fully saturated rings. The van der Waals surface area contributed by atoms with Crippen LogP contribution in [0.4, 0.5) is 0 Å². The molecule has 0 radical (unpaired) electrons. The van der Waals surface area contributed by atoms with E-state index in [0.717, 1.165) is 18.7 Å². The van der Waals surface area contributed by atoms with Gasteiger partial charge in [-0.05, 0) is 39.0 Å². The molecule has 2 rings (SSSR count). The van der Waals surface area contributed by atoms with Crippen LogP contribution in [0.15, 0.2) is 24.3 Å². The Kier molecular flexibility index (Phi) is 4.56. The third-order valence-electron chi connectivity index (χ3n) is 3.91. The van der Waals surface area contributed by atoms with Crippen molar-refractivity contribution >= 4 is 5.84 Å². The zero-order valence-corrected chi connectivity index (χ0v) is 11.9. The van der Waals surface area contributed by atoms with Crippen LogP contribution in [0.5, 0.6) is 0 Å². The summed E-state index contributed by atoms with van der Waals surface area (Å²) in [5.41, 5.74) is 7.52. The van der Waals surface area contributed by atoms with Gasteiger partial charge in [0.05, 0.1) is 0 Å². The third kappa shape index (κ3) is 3.78. The Morgan fingerprint density at radius 3 is 2.63 bits per heavy atom.